The van der Waals surface area contributed by atoms with E-state index in [0.717, 1.165) is 27.0 Å². The van der Waals surface area contributed by atoms with Gasteiger partial charge in [0.25, 0.3) is 0 Å². The Labute approximate surface area is 127 Å². The van der Waals surface area contributed by atoms with Gasteiger partial charge in [0, 0.05) is 21.7 Å². The van der Waals surface area contributed by atoms with Crippen LogP contribution in [0, 0.1) is 0 Å². The van der Waals surface area contributed by atoms with Crippen LogP contribution >= 0.6 is 22.9 Å². The van der Waals surface area contributed by atoms with E-state index in [1.807, 2.05) is 42.5 Å². The number of halogens is 1. The maximum absolute atomic E-state index is 5.96. The summed E-state index contributed by atoms with van der Waals surface area (Å²) >= 11 is 7.62. The Morgan fingerprint density at radius 2 is 1.90 bits per heavy atom. The Hall–Kier alpha value is -1.84. The average molecular weight is 301 g/mol. The molecular formula is C16H13ClN2S. The summed E-state index contributed by atoms with van der Waals surface area (Å²) in [7, 11) is 0. The molecule has 3 rings (SSSR count). The summed E-state index contributed by atoms with van der Waals surface area (Å²) in [5.41, 5.74) is 3.19. The van der Waals surface area contributed by atoms with Crippen LogP contribution < -0.4 is 5.32 Å². The fourth-order valence-corrected chi connectivity index (χ4v) is 2.84. The van der Waals surface area contributed by atoms with Gasteiger partial charge in [-0.1, -0.05) is 48.0 Å². The van der Waals surface area contributed by atoms with Crippen molar-refractivity contribution in [3.8, 4) is 11.3 Å². The number of anilines is 1. The molecule has 1 heterocycles. The lowest BCUT2D eigenvalue weighted by Gasteiger charge is -2.04. The Morgan fingerprint density at radius 3 is 2.70 bits per heavy atom. The molecule has 2 nitrogen and oxygen atoms in total. The summed E-state index contributed by atoms with van der Waals surface area (Å²) in [6.45, 7) is 0.706. The van der Waals surface area contributed by atoms with Crippen molar-refractivity contribution in [2.45, 2.75) is 6.54 Å². The first kappa shape index (κ1) is 13.2. The van der Waals surface area contributed by atoms with E-state index in [9.17, 15) is 0 Å². The highest BCUT2D eigenvalue weighted by atomic mass is 35.5. The van der Waals surface area contributed by atoms with E-state index in [1.165, 1.54) is 0 Å². The number of benzene rings is 2. The van der Waals surface area contributed by atoms with Crippen molar-refractivity contribution in [2.24, 2.45) is 0 Å². The molecule has 0 aliphatic carbocycles. The monoisotopic (exact) mass is 300 g/mol. The van der Waals surface area contributed by atoms with E-state index >= 15 is 0 Å². The van der Waals surface area contributed by atoms with Gasteiger partial charge in [0.15, 0.2) is 0 Å². The predicted molar refractivity (Wildman–Crippen MR) is 86.3 cm³/mol. The molecule has 0 aliphatic heterocycles. The second-order valence-corrected chi connectivity index (χ2v) is 5.74. The molecular weight excluding hydrogens is 288 g/mol. The Morgan fingerprint density at radius 1 is 1.05 bits per heavy atom. The Bertz CT molecular complexity index is 694. The average Bonchev–Trinajstić information content (AvgIpc) is 2.95. The van der Waals surface area contributed by atoms with Gasteiger partial charge < -0.3 is 5.32 Å². The molecule has 0 unspecified atom stereocenters. The van der Waals surface area contributed by atoms with E-state index in [2.05, 4.69) is 27.8 Å². The molecule has 4 heteroatoms. The number of hydrogen-bond donors (Lipinski definition) is 1. The van der Waals surface area contributed by atoms with Crippen LogP contribution in [0.2, 0.25) is 5.02 Å². The van der Waals surface area contributed by atoms with Crippen LogP contribution in [0.15, 0.2) is 60.0 Å². The molecule has 0 saturated heterocycles. The third kappa shape index (κ3) is 3.18. The second-order valence-electron chi connectivity index (χ2n) is 4.36. The van der Waals surface area contributed by atoms with E-state index in [-0.39, 0.29) is 0 Å². The summed E-state index contributed by atoms with van der Waals surface area (Å²) < 4.78 is 0. The third-order valence-corrected chi connectivity index (χ3v) is 3.97. The fourth-order valence-electron chi connectivity index (χ4n) is 1.91. The molecule has 1 N–H and O–H groups in total. The van der Waals surface area contributed by atoms with Gasteiger partial charge in [-0.05, 0) is 18.2 Å². The van der Waals surface area contributed by atoms with Crippen molar-refractivity contribution in [3.05, 3.63) is 70.0 Å². The van der Waals surface area contributed by atoms with E-state index in [4.69, 9.17) is 11.6 Å². The minimum Gasteiger partial charge on any atom is -0.378 e. The number of aromatic nitrogens is 1. The summed E-state index contributed by atoms with van der Waals surface area (Å²) in [6, 6.07) is 17.9. The number of nitrogens with zero attached hydrogens (tertiary/aromatic N) is 1. The highest BCUT2D eigenvalue weighted by Gasteiger charge is 2.04. The first-order valence-electron chi connectivity index (χ1n) is 6.30. The van der Waals surface area contributed by atoms with Crippen LogP contribution in [0.3, 0.4) is 0 Å². The molecule has 0 saturated carbocycles. The molecule has 0 fully saturated rings. The quantitative estimate of drug-likeness (QED) is 0.727. The molecule has 1 aromatic heterocycles. The van der Waals surface area contributed by atoms with Crippen molar-refractivity contribution in [1.29, 1.82) is 0 Å². The maximum Gasteiger partial charge on any atom is 0.112 e. The molecule has 0 spiro atoms. The Balaban J connectivity index is 1.69. The fraction of sp³-hybridized carbons (Fsp3) is 0.0625. The lowest BCUT2D eigenvalue weighted by atomic mass is 10.2. The molecule has 3 aromatic rings. The summed E-state index contributed by atoms with van der Waals surface area (Å²) in [5.74, 6) is 0. The number of thiazole rings is 1. The molecule has 20 heavy (non-hydrogen) atoms. The van der Waals surface area contributed by atoms with Crippen LogP contribution in [0.4, 0.5) is 5.69 Å². The van der Waals surface area contributed by atoms with E-state index in [0.29, 0.717) is 6.54 Å². The van der Waals surface area contributed by atoms with Crippen LogP contribution in [0.5, 0.6) is 0 Å². The standard InChI is InChI=1S/C16H13ClN2S/c17-13-7-4-8-14(9-13)18-10-16-19-15(11-20-16)12-5-2-1-3-6-12/h1-9,11,18H,10H2. The van der Waals surface area contributed by atoms with Gasteiger partial charge in [-0.3, -0.25) is 0 Å². The van der Waals surface area contributed by atoms with Gasteiger partial charge in [-0.25, -0.2) is 4.98 Å². The van der Waals surface area contributed by atoms with Gasteiger partial charge in [0.05, 0.1) is 12.2 Å². The molecule has 100 valence electrons. The minimum atomic E-state index is 0.706. The number of nitrogens with one attached hydrogen (secondary N) is 1. The molecule has 0 aliphatic rings. The van der Waals surface area contributed by atoms with Gasteiger partial charge >= 0.3 is 0 Å². The van der Waals surface area contributed by atoms with Crippen molar-refractivity contribution in [2.75, 3.05) is 5.32 Å². The van der Waals surface area contributed by atoms with Crippen molar-refractivity contribution in [1.82, 2.24) is 4.98 Å². The highest BCUT2D eigenvalue weighted by Crippen LogP contribution is 2.22. The normalized spacial score (nSPS) is 10.4. The van der Waals surface area contributed by atoms with E-state index in [1.54, 1.807) is 11.3 Å². The smallest absolute Gasteiger partial charge is 0.112 e. The zero-order valence-electron chi connectivity index (χ0n) is 10.7. The third-order valence-electron chi connectivity index (χ3n) is 2.89. The molecule has 0 atom stereocenters. The van der Waals surface area contributed by atoms with Crippen molar-refractivity contribution >= 4 is 28.6 Å². The molecule has 0 bridgehead atoms. The van der Waals surface area contributed by atoms with Crippen molar-refractivity contribution in [3.63, 3.8) is 0 Å². The summed E-state index contributed by atoms with van der Waals surface area (Å²) in [6.07, 6.45) is 0. The Kier molecular flexibility index (Phi) is 4.00. The van der Waals surface area contributed by atoms with Gasteiger partial charge in [-0.2, -0.15) is 0 Å². The van der Waals surface area contributed by atoms with Gasteiger partial charge in [0.2, 0.25) is 0 Å². The van der Waals surface area contributed by atoms with Crippen molar-refractivity contribution < 1.29 is 0 Å². The van der Waals surface area contributed by atoms with Crippen LogP contribution in [0.1, 0.15) is 5.01 Å². The van der Waals surface area contributed by atoms with E-state index < -0.39 is 0 Å². The van der Waals surface area contributed by atoms with Gasteiger partial charge in [0.1, 0.15) is 5.01 Å². The zero-order chi connectivity index (χ0) is 13.8. The van der Waals surface area contributed by atoms with Crippen LogP contribution in [0.25, 0.3) is 11.3 Å². The second kappa shape index (κ2) is 6.07. The van der Waals surface area contributed by atoms with Gasteiger partial charge in [-0.15, -0.1) is 11.3 Å². The molecule has 0 amide bonds. The lowest BCUT2D eigenvalue weighted by molar-refractivity contribution is 1.11. The topological polar surface area (TPSA) is 24.9 Å². The zero-order valence-corrected chi connectivity index (χ0v) is 12.3. The highest BCUT2D eigenvalue weighted by molar-refractivity contribution is 7.09. The van der Waals surface area contributed by atoms with Crippen LogP contribution in [-0.2, 0) is 6.54 Å². The largest absolute Gasteiger partial charge is 0.378 e. The number of rotatable bonds is 4. The molecule has 0 radical (unpaired) electrons. The first-order valence-corrected chi connectivity index (χ1v) is 7.56. The number of hydrogen-bond acceptors (Lipinski definition) is 3. The predicted octanol–water partition coefficient (Wildman–Crippen LogP) is 5.08. The molecule has 2 aromatic carbocycles. The summed E-state index contributed by atoms with van der Waals surface area (Å²) in [4.78, 5) is 4.64. The summed E-state index contributed by atoms with van der Waals surface area (Å²) in [5, 5.41) is 7.21. The first-order chi connectivity index (χ1) is 9.81. The SMILES string of the molecule is Clc1cccc(NCc2nc(-c3ccccc3)cs2)c1. The van der Waals surface area contributed by atoms with Crippen LogP contribution in [-0.4, -0.2) is 4.98 Å². The maximum atomic E-state index is 5.96. The minimum absolute atomic E-state index is 0.706. The lowest BCUT2D eigenvalue weighted by Crippen LogP contribution is -1.98.